The number of esters is 1. The van der Waals surface area contributed by atoms with Gasteiger partial charge < -0.3 is 25.8 Å². The molecule has 1 atom stereocenters. The Labute approximate surface area is 178 Å². The molecular formula is C23H33N3O4. The number of carbonyl (C=O) groups is 2. The number of rotatable bonds is 5. The Bertz CT molecular complexity index is 817. The molecule has 2 aromatic rings. The molecule has 2 rings (SSSR count). The van der Waals surface area contributed by atoms with Gasteiger partial charge in [-0.3, -0.25) is 0 Å². The van der Waals surface area contributed by atoms with Gasteiger partial charge in [-0.15, -0.1) is 0 Å². The Morgan fingerprint density at radius 3 is 2.20 bits per heavy atom. The smallest absolute Gasteiger partial charge is 0.408 e. The maximum absolute atomic E-state index is 12.0. The van der Waals surface area contributed by atoms with E-state index in [-0.39, 0.29) is 0 Å². The quantitative estimate of drug-likeness (QED) is 0.505. The Kier molecular flexibility index (Phi) is 9.68. The van der Waals surface area contributed by atoms with Crippen LogP contribution in [0.3, 0.4) is 0 Å². The van der Waals surface area contributed by atoms with Crippen LogP contribution in [0.25, 0.3) is 0 Å². The molecule has 7 heteroatoms. The van der Waals surface area contributed by atoms with Crippen LogP contribution in [0.15, 0.2) is 48.5 Å². The Morgan fingerprint density at radius 2 is 1.73 bits per heavy atom. The zero-order chi connectivity index (χ0) is 22.7. The number of benzene rings is 2. The minimum atomic E-state index is -0.805. The van der Waals surface area contributed by atoms with Crippen LogP contribution in [0.5, 0.6) is 0 Å². The summed E-state index contributed by atoms with van der Waals surface area (Å²) in [4.78, 5) is 23.9. The molecule has 0 fully saturated rings. The molecule has 0 aliphatic heterocycles. The molecule has 0 aliphatic carbocycles. The number of carbonyl (C=O) groups excluding carboxylic acids is 2. The maximum Gasteiger partial charge on any atom is 0.408 e. The van der Waals surface area contributed by atoms with Crippen molar-refractivity contribution < 1.29 is 19.1 Å². The second-order valence-corrected chi connectivity index (χ2v) is 7.73. The fraction of sp³-hybridized carbons (Fsp3) is 0.391. The van der Waals surface area contributed by atoms with E-state index in [1.165, 1.54) is 7.11 Å². The summed E-state index contributed by atoms with van der Waals surface area (Å²) in [6, 6.07) is 14.5. The lowest BCUT2D eigenvalue weighted by Gasteiger charge is -2.23. The number of methoxy groups -OCH3 is 1. The van der Waals surface area contributed by atoms with E-state index in [2.05, 4.69) is 10.6 Å². The first-order valence-corrected chi connectivity index (χ1v) is 9.71. The van der Waals surface area contributed by atoms with Crippen molar-refractivity contribution in [3.05, 3.63) is 59.7 Å². The van der Waals surface area contributed by atoms with Crippen LogP contribution >= 0.6 is 0 Å². The monoisotopic (exact) mass is 415 g/mol. The van der Waals surface area contributed by atoms with Crippen molar-refractivity contribution in [3.8, 4) is 0 Å². The second kappa shape index (κ2) is 11.7. The third-order valence-corrected chi connectivity index (χ3v) is 4.04. The summed E-state index contributed by atoms with van der Waals surface area (Å²) in [6.45, 7) is 7.25. The molecule has 164 valence electrons. The summed E-state index contributed by atoms with van der Waals surface area (Å²) < 4.78 is 9.99. The normalized spacial score (nSPS) is 11.4. The largest absolute Gasteiger partial charge is 0.467 e. The zero-order valence-electron chi connectivity index (χ0n) is 18.6. The number of ether oxygens (including phenoxy) is 2. The highest BCUT2D eigenvalue weighted by Crippen LogP contribution is 2.17. The van der Waals surface area contributed by atoms with E-state index in [9.17, 15) is 9.59 Å². The van der Waals surface area contributed by atoms with Gasteiger partial charge in [-0.1, -0.05) is 24.3 Å². The highest BCUT2D eigenvalue weighted by atomic mass is 16.6. The third kappa shape index (κ3) is 9.32. The first-order valence-electron chi connectivity index (χ1n) is 9.71. The van der Waals surface area contributed by atoms with E-state index >= 15 is 0 Å². The summed E-state index contributed by atoms with van der Waals surface area (Å²) in [5, 5.41) is 5.64. The van der Waals surface area contributed by atoms with Crippen LogP contribution in [0.4, 0.5) is 16.2 Å². The first-order chi connectivity index (χ1) is 14.1. The highest BCUT2D eigenvalue weighted by Gasteiger charge is 2.25. The summed E-state index contributed by atoms with van der Waals surface area (Å²) >= 11 is 0. The number of alkyl carbamates (subject to hydrolysis) is 1. The van der Waals surface area contributed by atoms with Gasteiger partial charge in [-0.2, -0.15) is 0 Å². The van der Waals surface area contributed by atoms with Crippen LogP contribution in [0.2, 0.25) is 0 Å². The molecule has 0 spiro atoms. The standard InChI is InChI=1S/C17H26N2O4.C6H7N/c1-11-7-8-13(18-5)9-12(11)10-14(15(20)22-6)19-16(21)23-17(2,3)4;7-6-4-2-1-3-5-6/h7-9,14,18H,10H2,1-6H3,(H,19,21);1-5H,7H2/t14-;/m0./s1. The molecule has 2 aromatic carbocycles. The van der Waals surface area contributed by atoms with Gasteiger partial charge in [0.25, 0.3) is 0 Å². The molecule has 0 unspecified atom stereocenters. The van der Waals surface area contributed by atoms with Crippen LogP contribution < -0.4 is 16.4 Å². The Balaban J connectivity index is 0.000000539. The van der Waals surface area contributed by atoms with E-state index in [0.29, 0.717) is 6.42 Å². The lowest BCUT2D eigenvalue weighted by atomic mass is 10.0. The van der Waals surface area contributed by atoms with Crippen LogP contribution in [-0.4, -0.2) is 37.9 Å². The molecule has 0 radical (unpaired) electrons. The molecule has 0 bridgehead atoms. The minimum absolute atomic E-state index is 0.327. The van der Waals surface area contributed by atoms with Crippen molar-refractivity contribution in [2.24, 2.45) is 0 Å². The Morgan fingerprint density at radius 1 is 1.10 bits per heavy atom. The number of anilines is 2. The van der Waals surface area contributed by atoms with Crippen molar-refractivity contribution in [1.29, 1.82) is 0 Å². The topological polar surface area (TPSA) is 103 Å². The van der Waals surface area contributed by atoms with Crippen molar-refractivity contribution in [3.63, 3.8) is 0 Å². The fourth-order valence-electron chi connectivity index (χ4n) is 2.51. The zero-order valence-corrected chi connectivity index (χ0v) is 18.6. The molecule has 1 amide bonds. The SMILES string of the molecule is CNc1ccc(C)c(C[C@H](NC(=O)OC(C)(C)C)C(=O)OC)c1.Nc1ccccc1. The van der Waals surface area contributed by atoms with E-state index in [1.807, 2.05) is 62.5 Å². The van der Waals surface area contributed by atoms with Crippen LogP contribution in [0, 0.1) is 6.92 Å². The summed E-state index contributed by atoms with van der Waals surface area (Å²) in [5.74, 6) is -0.509. The average Bonchev–Trinajstić information content (AvgIpc) is 2.68. The molecule has 30 heavy (non-hydrogen) atoms. The number of hydrogen-bond donors (Lipinski definition) is 3. The number of aryl methyl sites for hydroxylation is 1. The number of amides is 1. The summed E-state index contributed by atoms with van der Waals surface area (Å²) in [6.07, 6.45) is -0.317. The molecule has 0 saturated heterocycles. The highest BCUT2D eigenvalue weighted by molar-refractivity contribution is 5.81. The van der Waals surface area contributed by atoms with Gasteiger partial charge in [0, 0.05) is 24.8 Å². The molecule has 0 saturated carbocycles. The predicted molar refractivity (Wildman–Crippen MR) is 120 cm³/mol. The number of nitrogens with two attached hydrogens (primary N) is 1. The fourth-order valence-corrected chi connectivity index (χ4v) is 2.51. The predicted octanol–water partition coefficient (Wildman–Crippen LogP) is 3.91. The lowest BCUT2D eigenvalue weighted by Crippen LogP contribution is -2.45. The molecule has 4 N–H and O–H groups in total. The van der Waals surface area contributed by atoms with Gasteiger partial charge in [0.05, 0.1) is 7.11 Å². The number of nitrogens with one attached hydrogen (secondary N) is 2. The van der Waals surface area contributed by atoms with Gasteiger partial charge in [0.1, 0.15) is 11.6 Å². The van der Waals surface area contributed by atoms with Gasteiger partial charge in [-0.05, 0) is 63.1 Å². The second-order valence-electron chi connectivity index (χ2n) is 7.73. The summed E-state index contributed by atoms with van der Waals surface area (Å²) in [7, 11) is 3.12. The minimum Gasteiger partial charge on any atom is -0.467 e. The third-order valence-electron chi connectivity index (χ3n) is 4.04. The molecule has 0 aliphatic rings. The lowest BCUT2D eigenvalue weighted by molar-refractivity contribution is -0.143. The van der Waals surface area contributed by atoms with Crippen molar-refractivity contribution in [2.45, 2.75) is 45.8 Å². The van der Waals surface area contributed by atoms with E-state index in [1.54, 1.807) is 20.8 Å². The molecule has 7 nitrogen and oxygen atoms in total. The van der Waals surface area contributed by atoms with Crippen molar-refractivity contribution in [1.82, 2.24) is 5.32 Å². The van der Waals surface area contributed by atoms with Crippen molar-refractivity contribution >= 4 is 23.4 Å². The van der Waals surface area contributed by atoms with E-state index in [4.69, 9.17) is 15.2 Å². The van der Waals surface area contributed by atoms with Gasteiger partial charge in [0.15, 0.2) is 0 Å². The average molecular weight is 416 g/mol. The Hall–Kier alpha value is -3.22. The van der Waals surface area contributed by atoms with Gasteiger partial charge in [0.2, 0.25) is 0 Å². The number of nitrogen functional groups attached to an aromatic ring is 1. The molecule has 0 heterocycles. The molecular weight excluding hydrogens is 382 g/mol. The van der Waals surface area contributed by atoms with Crippen LogP contribution in [0.1, 0.15) is 31.9 Å². The first kappa shape index (κ1) is 24.8. The number of para-hydroxylation sites is 1. The van der Waals surface area contributed by atoms with Crippen molar-refractivity contribution in [2.75, 3.05) is 25.2 Å². The number of hydrogen-bond acceptors (Lipinski definition) is 6. The molecule has 0 aromatic heterocycles. The van der Waals surface area contributed by atoms with Crippen LogP contribution in [-0.2, 0) is 20.7 Å². The summed E-state index contributed by atoms with van der Waals surface area (Å²) in [5.41, 5.74) is 8.46. The van der Waals surface area contributed by atoms with E-state index < -0.39 is 23.7 Å². The van der Waals surface area contributed by atoms with E-state index in [0.717, 1.165) is 22.5 Å². The van der Waals surface area contributed by atoms with Gasteiger partial charge >= 0.3 is 12.1 Å². The maximum atomic E-state index is 12.0. The van der Waals surface area contributed by atoms with Gasteiger partial charge in [-0.25, -0.2) is 9.59 Å².